The van der Waals surface area contributed by atoms with Crippen LogP contribution in [0.3, 0.4) is 0 Å². The molecule has 2 rings (SSSR count). The van der Waals surface area contributed by atoms with Crippen molar-refractivity contribution in [1.29, 1.82) is 0 Å². The predicted molar refractivity (Wildman–Crippen MR) is 67.2 cm³/mol. The summed E-state index contributed by atoms with van der Waals surface area (Å²) >= 11 is 1.32. The molecule has 0 aliphatic carbocycles. The highest BCUT2D eigenvalue weighted by atomic mass is 32.1. The number of nitrogens with two attached hydrogens (primary N) is 1. The van der Waals surface area contributed by atoms with Gasteiger partial charge in [0.25, 0.3) is 11.8 Å². The van der Waals surface area contributed by atoms with Crippen LogP contribution in [0.25, 0.3) is 0 Å². The smallest absolute Gasteiger partial charge is 0.255 e. The number of rotatable bonds is 3. The molecule has 3 N–H and O–H groups in total. The van der Waals surface area contributed by atoms with Gasteiger partial charge >= 0.3 is 0 Å². The van der Waals surface area contributed by atoms with Crippen molar-refractivity contribution in [3.8, 4) is 0 Å². The minimum atomic E-state index is -0.547. The predicted octanol–water partition coefficient (Wildman–Crippen LogP) is 2.10. The standard InChI is InChI=1S/C12H10N2O2S/c13-11(15)9-6-17-7-10(9)14-12(16)8-4-2-1-3-5-8/h1-7H,(H2,13,15)(H,14,16). The minimum absolute atomic E-state index is 0.258. The van der Waals surface area contributed by atoms with E-state index in [1.165, 1.54) is 11.3 Å². The summed E-state index contributed by atoms with van der Waals surface area (Å²) in [5, 5.41) is 5.95. The lowest BCUT2D eigenvalue weighted by atomic mass is 10.2. The van der Waals surface area contributed by atoms with Gasteiger partial charge < -0.3 is 11.1 Å². The Bertz CT molecular complexity index is 549. The number of hydrogen-bond acceptors (Lipinski definition) is 3. The van der Waals surface area contributed by atoms with E-state index in [0.29, 0.717) is 16.8 Å². The number of thiophene rings is 1. The molecule has 4 nitrogen and oxygen atoms in total. The Hall–Kier alpha value is -2.14. The van der Waals surface area contributed by atoms with Crippen LogP contribution in [0.15, 0.2) is 41.1 Å². The zero-order valence-electron chi connectivity index (χ0n) is 8.84. The second-order valence-corrected chi connectivity index (χ2v) is 4.13. The monoisotopic (exact) mass is 246 g/mol. The van der Waals surface area contributed by atoms with Crippen molar-refractivity contribution < 1.29 is 9.59 Å². The largest absolute Gasteiger partial charge is 0.366 e. The maximum absolute atomic E-state index is 11.8. The lowest BCUT2D eigenvalue weighted by Crippen LogP contribution is -2.16. The number of benzene rings is 1. The Morgan fingerprint density at radius 2 is 1.82 bits per heavy atom. The van der Waals surface area contributed by atoms with Gasteiger partial charge in [0.1, 0.15) is 0 Å². The fourth-order valence-electron chi connectivity index (χ4n) is 1.37. The van der Waals surface area contributed by atoms with Crippen molar-refractivity contribution in [2.45, 2.75) is 0 Å². The molecule has 86 valence electrons. The number of nitrogens with one attached hydrogen (secondary N) is 1. The average molecular weight is 246 g/mol. The van der Waals surface area contributed by atoms with Gasteiger partial charge in [0, 0.05) is 16.3 Å². The average Bonchev–Trinajstić information content (AvgIpc) is 2.78. The molecule has 0 bridgehead atoms. The number of primary amides is 1. The Morgan fingerprint density at radius 1 is 1.12 bits per heavy atom. The summed E-state index contributed by atoms with van der Waals surface area (Å²) in [7, 11) is 0. The molecule has 0 radical (unpaired) electrons. The number of amides is 2. The molecule has 1 heterocycles. The molecule has 0 saturated carbocycles. The van der Waals surface area contributed by atoms with Gasteiger partial charge in [0.05, 0.1) is 11.3 Å². The third-order valence-electron chi connectivity index (χ3n) is 2.21. The van der Waals surface area contributed by atoms with Gasteiger partial charge in [-0.1, -0.05) is 18.2 Å². The molecule has 17 heavy (non-hydrogen) atoms. The fraction of sp³-hybridized carbons (Fsp3) is 0. The van der Waals surface area contributed by atoms with Crippen LogP contribution < -0.4 is 11.1 Å². The molecule has 5 heteroatoms. The Kier molecular flexibility index (Phi) is 3.20. The van der Waals surface area contributed by atoms with Crippen molar-refractivity contribution in [3.63, 3.8) is 0 Å². The lowest BCUT2D eigenvalue weighted by molar-refractivity contribution is 0.100. The SMILES string of the molecule is NC(=O)c1cscc1NC(=O)c1ccccc1. The molecular formula is C12H10N2O2S. The van der Waals surface area contributed by atoms with Crippen molar-refractivity contribution in [3.05, 3.63) is 52.2 Å². The second kappa shape index (κ2) is 4.80. The highest BCUT2D eigenvalue weighted by Crippen LogP contribution is 2.20. The highest BCUT2D eigenvalue weighted by molar-refractivity contribution is 7.08. The first-order valence-electron chi connectivity index (χ1n) is 4.91. The van der Waals surface area contributed by atoms with Crippen molar-refractivity contribution in [2.24, 2.45) is 5.73 Å². The lowest BCUT2D eigenvalue weighted by Gasteiger charge is -2.04. The van der Waals surface area contributed by atoms with Gasteiger partial charge in [0.2, 0.25) is 0 Å². The quantitative estimate of drug-likeness (QED) is 0.870. The van der Waals surface area contributed by atoms with Crippen LogP contribution in [0.5, 0.6) is 0 Å². The maximum atomic E-state index is 11.8. The Balaban J connectivity index is 2.19. The topological polar surface area (TPSA) is 72.2 Å². The van der Waals surface area contributed by atoms with Crippen LogP contribution in [-0.4, -0.2) is 11.8 Å². The first-order chi connectivity index (χ1) is 8.18. The number of carbonyl (C=O) groups excluding carboxylic acids is 2. The molecule has 0 fully saturated rings. The third kappa shape index (κ3) is 2.51. The van der Waals surface area contributed by atoms with E-state index in [0.717, 1.165) is 0 Å². The summed E-state index contributed by atoms with van der Waals surface area (Å²) in [5.41, 5.74) is 6.51. The van der Waals surface area contributed by atoms with Gasteiger partial charge in [-0.25, -0.2) is 0 Å². The van der Waals surface area contributed by atoms with Gasteiger partial charge in [-0.15, -0.1) is 11.3 Å². The molecule has 0 spiro atoms. The van der Waals surface area contributed by atoms with E-state index < -0.39 is 5.91 Å². The van der Waals surface area contributed by atoms with Crippen molar-refractivity contribution in [1.82, 2.24) is 0 Å². The molecule has 2 amide bonds. The summed E-state index contributed by atoms with van der Waals surface area (Å²) in [5.74, 6) is -0.805. The zero-order chi connectivity index (χ0) is 12.3. The van der Waals surface area contributed by atoms with Crippen LogP contribution in [-0.2, 0) is 0 Å². The summed E-state index contributed by atoms with van der Waals surface area (Å²) in [6.07, 6.45) is 0. The van der Waals surface area contributed by atoms with Crippen LogP contribution in [0, 0.1) is 0 Å². The van der Waals surface area contributed by atoms with E-state index in [9.17, 15) is 9.59 Å². The van der Waals surface area contributed by atoms with Crippen molar-refractivity contribution in [2.75, 3.05) is 5.32 Å². The second-order valence-electron chi connectivity index (χ2n) is 3.38. The molecule has 0 aliphatic heterocycles. The van der Waals surface area contributed by atoms with Gasteiger partial charge in [-0.2, -0.15) is 0 Å². The zero-order valence-corrected chi connectivity index (χ0v) is 9.66. The molecule has 0 aliphatic rings. The highest BCUT2D eigenvalue weighted by Gasteiger charge is 2.12. The van der Waals surface area contributed by atoms with Gasteiger partial charge in [-0.3, -0.25) is 9.59 Å². The molecule has 0 atom stereocenters. The number of carbonyl (C=O) groups is 2. The van der Waals surface area contributed by atoms with E-state index in [2.05, 4.69) is 5.32 Å². The fourth-order valence-corrected chi connectivity index (χ4v) is 2.14. The normalized spacial score (nSPS) is 9.88. The van der Waals surface area contributed by atoms with E-state index in [1.54, 1.807) is 35.0 Å². The first kappa shape index (κ1) is 11.3. The van der Waals surface area contributed by atoms with E-state index in [4.69, 9.17) is 5.73 Å². The molecule has 2 aromatic rings. The van der Waals surface area contributed by atoms with Crippen LogP contribution in [0.2, 0.25) is 0 Å². The maximum Gasteiger partial charge on any atom is 0.255 e. The van der Waals surface area contributed by atoms with Crippen LogP contribution in [0.1, 0.15) is 20.7 Å². The molecule has 0 unspecified atom stereocenters. The Morgan fingerprint density at radius 3 is 2.47 bits per heavy atom. The van der Waals surface area contributed by atoms with E-state index >= 15 is 0 Å². The van der Waals surface area contributed by atoms with Crippen molar-refractivity contribution >= 4 is 28.8 Å². The Labute approximate surface area is 102 Å². The number of anilines is 1. The summed E-state index contributed by atoms with van der Waals surface area (Å²) in [4.78, 5) is 22.9. The van der Waals surface area contributed by atoms with Crippen LogP contribution >= 0.6 is 11.3 Å². The minimum Gasteiger partial charge on any atom is -0.366 e. The van der Waals surface area contributed by atoms with Gasteiger partial charge in [-0.05, 0) is 12.1 Å². The molecule has 0 saturated heterocycles. The van der Waals surface area contributed by atoms with E-state index in [-0.39, 0.29) is 5.91 Å². The summed E-state index contributed by atoms with van der Waals surface area (Å²) < 4.78 is 0. The molecule has 1 aromatic heterocycles. The van der Waals surface area contributed by atoms with Crippen LogP contribution in [0.4, 0.5) is 5.69 Å². The molecule has 1 aromatic carbocycles. The summed E-state index contributed by atoms with van der Waals surface area (Å²) in [6.45, 7) is 0. The summed E-state index contributed by atoms with van der Waals surface area (Å²) in [6, 6.07) is 8.78. The third-order valence-corrected chi connectivity index (χ3v) is 2.96. The number of hydrogen-bond donors (Lipinski definition) is 2. The first-order valence-corrected chi connectivity index (χ1v) is 5.85. The van der Waals surface area contributed by atoms with E-state index in [1.807, 2.05) is 6.07 Å². The van der Waals surface area contributed by atoms with Gasteiger partial charge in [0.15, 0.2) is 0 Å². The molecular weight excluding hydrogens is 236 g/mol.